The standard InChI is InChI=1S/C20H13F2N7O.BHS/c21-10-2-3-11(23)17(22)16(10)14-7-29-8-26-18(15(29)6-25-14)20-27-12-4-1-9(19(24)30)5-13(12)28-20;1-2/h1-8H,23H2,(H2,24,30)(H,27,28);2H. The first-order valence-corrected chi connectivity index (χ1v) is 9.56. The number of anilines is 1. The van der Waals surface area contributed by atoms with Crippen LogP contribution in [0.3, 0.4) is 0 Å². The number of nitrogens with zero attached hydrogens (tertiary/aromatic N) is 4. The van der Waals surface area contributed by atoms with E-state index in [-0.39, 0.29) is 16.9 Å². The molecule has 1 amide bonds. The van der Waals surface area contributed by atoms with Crippen molar-refractivity contribution in [2.75, 3.05) is 5.73 Å². The van der Waals surface area contributed by atoms with Gasteiger partial charge in [-0.25, -0.2) is 31.2 Å². The molecule has 5 aromatic rings. The molecule has 0 aliphatic rings. The highest BCUT2D eigenvalue weighted by molar-refractivity contribution is 8.03. The lowest BCUT2D eigenvalue weighted by Crippen LogP contribution is -2.10. The van der Waals surface area contributed by atoms with Crippen LogP contribution in [0.5, 0.6) is 0 Å². The van der Waals surface area contributed by atoms with Gasteiger partial charge in [-0.3, -0.25) is 9.78 Å². The van der Waals surface area contributed by atoms with Crippen molar-refractivity contribution in [3.63, 3.8) is 0 Å². The van der Waals surface area contributed by atoms with Crippen LogP contribution >= 0.6 is 12.5 Å². The number of hydrogen-bond acceptors (Lipinski definition) is 6. The van der Waals surface area contributed by atoms with Crippen molar-refractivity contribution in [1.29, 1.82) is 0 Å². The van der Waals surface area contributed by atoms with E-state index in [1.807, 2.05) is 0 Å². The first-order chi connectivity index (χ1) is 15.4. The summed E-state index contributed by atoms with van der Waals surface area (Å²) in [5.74, 6) is -1.73. The molecule has 0 saturated carbocycles. The van der Waals surface area contributed by atoms with E-state index in [0.29, 0.717) is 33.6 Å². The van der Waals surface area contributed by atoms with Crippen LogP contribution in [0.2, 0.25) is 0 Å². The van der Waals surface area contributed by atoms with Crippen molar-refractivity contribution in [2.45, 2.75) is 0 Å². The predicted molar refractivity (Wildman–Crippen MR) is 121 cm³/mol. The number of carbonyl (C=O) groups excluding carboxylic acids is 1. The summed E-state index contributed by atoms with van der Waals surface area (Å²) in [6.07, 6.45) is 4.39. The third kappa shape index (κ3) is 3.54. The van der Waals surface area contributed by atoms with Crippen molar-refractivity contribution >= 4 is 47.7 Å². The zero-order chi connectivity index (χ0) is 23.0. The number of hydrogen-bond donors (Lipinski definition) is 4. The maximum Gasteiger partial charge on any atom is 0.248 e. The molecule has 3 heterocycles. The van der Waals surface area contributed by atoms with Crippen LogP contribution in [0.15, 0.2) is 49.1 Å². The van der Waals surface area contributed by atoms with Crippen molar-refractivity contribution in [2.24, 2.45) is 5.73 Å². The summed E-state index contributed by atoms with van der Waals surface area (Å²) in [6.45, 7) is 0. The van der Waals surface area contributed by atoms with Gasteiger partial charge < -0.3 is 20.9 Å². The average molecular weight is 449 g/mol. The maximum absolute atomic E-state index is 14.3. The van der Waals surface area contributed by atoms with E-state index in [0.717, 1.165) is 12.1 Å². The number of imidazole rings is 2. The van der Waals surface area contributed by atoms with Crippen LogP contribution in [0, 0.1) is 11.6 Å². The van der Waals surface area contributed by atoms with Gasteiger partial charge in [-0.2, -0.15) is 0 Å². The van der Waals surface area contributed by atoms with E-state index in [4.69, 9.17) is 11.5 Å². The Morgan fingerprint density at radius 2 is 1.94 bits per heavy atom. The monoisotopic (exact) mass is 449 g/mol. The third-order valence-electron chi connectivity index (χ3n) is 4.79. The van der Waals surface area contributed by atoms with Crippen LogP contribution in [-0.4, -0.2) is 37.4 Å². The molecule has 5 rings (SSSR count). The van der Waals surface area contributed by atoms with Crippen LogP contribution in [-0.2, 0) is 0 Å². The Morgan fingerprint density at radius 1 is 1.16 bits per heavy atom. The minimum Gasteiger partial charge on any atom is -0.396 e. The van der Waals surface area contributed by atoms with Gasteiger partial charge >= 0.3 is 0 Å². The molecule has 0 fully saturated rings. The molecule has 3 aromatic heterocycles. The topological polar surface area (TPSA) is 128 Å². The summed E-state index contributed by atoms with van der Waals surface area (Å²) in [5.41, 5.74) is 13.1. The molecule has 0 aliphatic heterocycles. The molecule has 32 heavy (non-hydrogen) atoms. The summed E-state index contributed by atoms with van der Waals surface area (Å²) in [4.78, 5) is 27.5. The summed E-state index contributed by atoms with van der Waals surface area (Å²) in [7, 11) is 4.19. The fourth-order valence-electron chi connectivity index (χ4n) is 3.29. The molecule has 2 radical (unpaired) electrons. The van der Waals surface area contributed by atoms with E-state index in [1.165, 1.54) is 18.7 Å². The Kier molecular flexibility index (Phi) is 5.53. The number of fused-ring (bicyclic) bond motifs is 2. The van der Waals surface area contributed by atoms with Crippen molar-refractivity contribution in [3.8, 4) is 22.8 Å². The Labute approximate surface area is 186 Å². The Morgan fingerprint density at radius 3 is 2.69 bits per heavy atom. The predicted octanol–water partition coefficient (Wildman–Crippen LogP) is 2.90. The Bertz CT molecular complexity index is 1480. The maximum atomic E-state index is 14.3. The fourth-order valence-corrected chi connectivity index (χ4v) is 3.29. The highest BCUT2D eigenvalue weighted by Crippen LogP contribution is 2.30. The van der Waals surface area contributed by atoms with Gasteiger partial charge in [-0.15, -0.1) is 0 Å². The Hall–Kier alpha value is -3.93. The minimum atomic E-state index is -0.871. The first kappa shape index (κ1) is 21.3. The van der Waals surface area contributed by atoms with Crippen LogP contribution < -0.4 is 11.5 Å². The van der Waals surface area contributed by atoms with Gasteiger partial charge in [0.2, 0.25) is 5.91 Å². The quantitative estimate of drug-likeness (QED) is 0.191. The van der Waals surface area contributed by atoms with Crippen LogP contribution in [0.1, 0.15) is 10.4 Å². The van der Waals surface area contributed by atoms with Gasteiger partial charge in [0, 0.05) is 11.8 Å². The largest absolute Gasteiger partial charge is 0.396 e. The summed E-state index contributed by atoms with van der Waals surface area (Å²) >= 11 is 3.03. The van der Waals surface area contributed by atoms with E-state index < -0.39 is 17.5 Å². The number of primary amides is 1. The summed E-state index contributed by atoms with van der Waals surface area (Å²) in [6, 6.07) is 7.12. The van der Waals surface area contributed by atoms with Crippen molar-refractivity contribution < 1.29 is 13.6 Å². The molecule has 0 saturated heterocycles. The number of nitrogens with two attached hydrogens (primary N) is 2. The molecule has 8 nitrogen and oxygen atoms in total. The normalized spacial score (nSPS) is 10.8. The molecule has 0 spiro atoms. The van der Waals surface area contributed by atoms with Crippen molar-refractivity contribution in [3.05, 3.63) is 66.3 Å². The van der Waals surface area contributed by atoms with Crippen LogP contribution in [0.4, 0.5) is 14.5 Å². The molecule has 0 aliphatic carbocycles. The minimum absolute atomic E-state index is 0.0736. The molecular formula is C20H14BF2N7OS. The number of amides is 1. The van der Waals surface area contributed by atoms with Crippen LogP contribution in [0.25, 0.3) is 39.3 Å². The summed E-state index contributed by atoms with van der Waals surface area (Å²) < 4.78 is 30.1. The first-order valence-electron chi connectivity index (χ1n) is 9.04. The van der Waals surface area contributed by atoms with Gasteiger partial charge in [0.15, 0.2) is 18.8 Å². The zero-order valence-corrected chi connectivity index (χ0v) is 17.1. The molecule has 0 unspecified atom stereocenters. The highest BCUT2D eigenvalue weighted by atomic mass is 32.1. The van der Waals surface area contributed by atoms with E-state index >= 15 is 0 Å². The van der Waals surface area contributed by atoms with Gasteiger partial charge in [0.1, 0.15) is 17.8 Å². The van der Waals surface area contributed by atoms with E-state index in [2.05, 4.69) is 39.5 Å². The van der Waals surface area contributed by atoms with Gasteiger partial charge in [0.25, 0.3) is 0 Å². The zero-order valence-electron chi connectivity index (χ0n) is 16.3. The number of nitrogen functional groups attached to an aromatic ring is 1. The smallest absolute Gasteiger partial charge is 0.248 e. The Balaban J connectivity index is 0.00000119. The van der Waals surface area contributed by atoms with E-state index in [9.17, 15) is 13.6 Å². The lowest BCUT2D eigenvalue weighted by atomic mass is 10.1. The van der Waals surface area contributed by atoms with Crippen molar-refractivity contribution in [1.82, 2.24) is 24.3 Å². The molecule has 12 heteroatoms. The van der Waals surface area contributed by atoms with Gasteiger partial charge in [-0.05, 0) is 30.3 Å². The lowest BCUT2D eigenvalue weighted by molar-refractivity contribution is 0.100. The summed E-state index contributed by atoms with van der Waals surface area (Å²) in [5, 5.41) is 0. The molecule has 0 bridgehead atoms. The highest BCUT2D eigenvalue weighted by Gasteiger charge is 2.18. The van der Waals surface area contributed by atoms with Gasteiger partial charge in [0.05, 0.1) is 39.7 Å². The second-order valence-electron chi connectivity index (χ2n) is 6.67. The number of H-pyrrole nitrogens is 1. The molecule has 158 valence electrons. The molecule has 5 N–H and O–H groups in total. The van der Waals surface area contributed by atoms with E-state index in [1.54, 1.807) is 22.6 Å². The second-order valence-corrected chi connectivity index (χ2v) is 6.67. The number of carbonyl (C=O) groups is 1. The molecule has 0 atom stereocenters. The average Bonchev–Trinajstić information content (AvgIpc) is 3.40. The molecular weight excluding hydrogens is 435 g/mol. The SMILES string of the molecule is NC(=O)c1ccc2nc(-c3ncn4cc(-c5c(F)ccc(N)c5F)ncc34)[nH]c2c1.[B]S. The lowest BCUT2D eigenvalue weighted by Gasteiger charge is -2.07. The number of halogens is 2. The fraction of sp³-hybridized carbons (Fsp3) is 0. The number of thiol groups is 1. The third-order valence-corrected chi connectivity index (χ3v) is 4.79. The molecule has 2 aromatic carbocycles. The number of aromatic amines is 1. The number of aromatic nitrogens is 5. The number of rotatable bonds is 3. The number of nitrogens with one attached hydrogen (secondary N) is 1. The van der Waals surface area contributed by atoms with Gasteiger partial charge in [-0.1, -0.05) is 0 Å². The number of benzene rings is 2. The second kappa shape index (κ2) is 8.31.